The molecule has 1 aromatic rings. The summed E-state index contributed by atoms with van der Waals surface area (Å²) in [6, 6.07) is 9.01. The van der Waals surface area contributed by atoms with Crippen molar-refractivity contribution in [3.8, 4) is 0 Å². The molecule has 1 fully saturated rings. The molecular formula is C17H21F3N2O2S. The maximum absolute atomic E-state index is 13.4. The molecule has 4 nitrogen and oxygen atoms in total. The highest BCUT2D eigenvalue weighted by molar-refractivity contribution is 7.96. The van der Waals surface area contributed by atoms with Crippen LogP contribution in [0.1, 0.15) is 44.1 Å². The zero-order valence-corrected chi connectivity index (χ0v) is 14.5. The lowest BCUT2D eigenvalue weighted by molar-refractivity contribution is -0.256. The molecule has 8 heteroatoms. The van der Waals surface area contributed by atoms with E-state index in [0.29, 0.717) is 12.8 Å². The molecular weight excluding hydrogens is 353 g/mol. The van der Waals surface area contributed by atoms with Gasteiger partial charge in [0.25, 0.3) is 11.6 Å². The van der Waals surface area contributed by atoms with Crippen LogP contribution in [-0.2, 0) is 20.2 Å². The fourth-order valence-corrected chi connectivity index (χ4v) is 7.06. The second kappa shape index (κ2) is 6.72. The third-order valence-corrected chi connectivity index (χ3v) is 8.16. The number of hydrogen-bond donors (Lipinski definition) is 1. The summed E-state index contributed by atoms with van der Waals surface area (Å²) >= 11 is 0. The molecule has 2 atom stereocenters. The Hall–Kier alpha value is -1.41. The average molecular weight is 374 g/mol. The predicted molar refractivity (Wildman–Crippen MR) is 89.9 cm³/mol. The van der Waals surface area contributed by atoms with Gasteiger partial charge in [-0.1, -0.05) is 49.6 Å². The van der Waals surface area contributed by atoms with Crippen molar-refractivity contribution in [3.05, 3.63) is 35.9 Å². The van der Waals surface area contributed by atoms with E-state index in [4.69, 9.17) is 0 Å². The topological polar surface area (TPSA) is 62.0 Å². The molecule has 1 amide bonds. The lowest BCUT2D eigenvalue weighted by Gasteiger charge is -2.36. The second-order valence-corrected chi connectivity index (χ2v) is 9.43. The number of benzene rings is 1. The smallest absolute Gasteiger partial charge is 0.361 e. The molecule has 25 heavy (non-hydrogen) atoms. The minimum Gasteiger partial charge on any atom is -0.361 e. The number of halogens is 3. The average Bonchev–Trinajstić information content (AvgIpc) is 2.55. The number of carbonyl (C=O) groups excluding carboxylic acids is 1. The zero-order valence-electron chi connectivity index (χ0n) is 13.7. The van der Waals surface area contributed by atoms with Crippen LogP contribution in [0.5, 0.6) is 0 Å². The van der Waals surface area contributed by atoms with Crippen molar-refractivity contribution in [1.29, 1.82) is 0 Å². The maximum Gasteiger partial charge on any atom is 0.439 e. The summed E-state index contributed by atoms with van der Waals surface area (Å²) in [4.78, 5) is 12.1. The SMILES string of the molecule is O=C1CC(O)(C(F)(F)F)N=S(Cc2ccccc2)(C2CCCCC2)=N1. The van der Waals surface area contributed by atoms with E-state index >= 15 is 0 Å². The Kier molecular flexibility index (Phi) is 4.94. The van der Waals surface area contributed by atoms with Crippen LogP contribution < -0.4 is 0 Å². The van der Waals surface area contributed by atoms with Crippen molar-refractivity contribution < 1.29 is 23.1 Å². The van der Waals surface area contributed by atoms with Gasteiger partial charge in [-0.05, 0) is 28.0 Å². The maximum atomic E-state index is 13.4. The molecule has 2 unspecified atom stereocenters. The van der Waals surface area contributed by atoms with Gasteiger partial charge in [-0.3, -0.25) is 4.79 Å². The van der Waals surface area contributed by atoms with Crippen LogP contribution in [-0.4, -0.2) is 28.2 Å². The molecule has 3 rings (SSSR count). The number of carbonyl (C=O) groups is 1. The van der Waals surface area contributed by atoms with Crippen molar-refractivity contribution in [2.75, 3.05) is 0 Å². The highest BCUT2D eigenvalue weighted by atomic mass is 32.2. The van der Waals surface area contributed by atoms with Gasteiger partial charge < -0.3 is 5.11 Å². The van der Waals surface area contributed by atoms with E-state index in [1.54, 1.807) is 24.3 Å². The lowest BCUT2D eigenvalue weighted by atomic mass is 10.0. The van der Waals surface area contributed by atoms with Gasteiger partial charge in [-0.15, -0.1) is 0 Å². The molecule has 1 heterocycles. The van der Waals surface area contributed by atoms with Crippen LogP contribution in [0.25, 0.3) is 0 Å². The predicted octanol–water partition coefficient (Wildman–Crippen LogP) is 4.22. The summed E-state index contributed by atoms with van der Waals surface area (Å²) in [6.45, 7) is 0. The highest BCUT2D eigenvalue weighted by Crippen LogP contribution is 2.41. The largest absolute Gasteiger partial charge is 0.439 e. The van der Waals surface area contributed by atoms with Crippen molar-refractivity contribution in [3.63, 3.8) is 0 Å². The van der Waals surface area contributed by atoms with E-state index < -0.39 is 33.9 Å². The van der Waals surface area contributed by atoms with Crippen molar-refractivity contribution in [2.45, 2.75) is 61.4 Å². The van der Waals surface area contributed by atoms with E-state index in [1.807, 2.05) is 6.07 Å². The van der Waals surface area contributed by atoms with Gasteiger partial charge in [0.1, 0.15) is 0 Å². The minimum absolute atomic E-state index is 0.169. The molecule has 0 aromatic heterocycles. The van der Waals surface area contributed by atoms with Crippen molar-refractivity contribution >= 4 is 15.5 Å². The Morgan fingerprint density at radius 3 is 2.40 bits per heavy atom. The van der Waals surface area contributed by atoms with Gasteiger partial charge in [0, 0.05) is 11.0 Å². The van der Waals surface area contributed by atoms with Gasteiger partial charge in [0.2, 0.25) is 0 Å². The van der Waals surface area contributed by atoms with Crippen LogP contribution in [0, 0.1) is 0 Å². The van der Waals surface area contributed by atoms with E-state index in [1.165, 1.54) is 0 Å². The quantitative estimate of drug-likeness (QED) is 0.861. The van der Waals surface area contributed by atoms with Crippen LogP contribution in [0.15, 0.2) is 39.1 Å². The van der Waals surface area contributed by atoms with Crippen molar-refractivity contribution in [2.24, 2.45) is 8.73 Å². The zero-order chi connectivity index (χ0) is 18.1. The molecule has 1 saturated carbocycles. The van der Waals surface area contributed by atoms with Crippen LogP contribution in [0.3, 0.4) is 0 Å². The number of hydrogen-bond acceptors (Lipinski definition) is 3. The number of nitrogens with zero attached hydrogens (tertiary/aromatic N) is 2. The van der Waals surface area contributed by atoms with Gasteiger partial charge in [-0.25, -0.2) is 4.36 Å². The Labute approximate surface area is 145 Å². The van der Waals surface area contributed by atoms with Gasteiger partial charge in [0.15, 0.2) is 0 Å². The first-order valence-electron chi connectivity index (χ1n) is 8.37. The number of alkyl halides is 3. The Bertz CT molecular complexity index is 764. The first-order valence-corrected chi connectivity index (χ1v) is 10.1. The standard InChI is InChI=1S/C17H21F3N2O2S/c18-17(19,20)16(24)11-15(23)21-25(22-16,14-9-5-2-6-10-14)12-13-7-3-1-4-8-13/h1,3-4,7-8,14,24H,2,5-6,9-12H2. The Morgan fingerprint density at radius 1 is 1.16 bits per heavy atom. The third-order valence-electron chi connectivity index (χ3n) is 4.73. The monoisotopic (exact) mass is 374 g/mol. The lowest BCUT2D eigenvalue weighted by Crippen LogP contribution is -2.48. The molecule has 0 bridgehead atoms. The van der Waals surface area contributed by atoms with E-state index in [-0.39, 0.29) is 11.0 Å². The number of rotatable bonds is 3. The molecule has 1 N–H and O–H groups in total. The summed E-state index contributed by atoms with van der Waals surface area (Å²) in [6.07, 6.45) is -1.92. The van der Waals surface area contributed by atoms with Crippen LogP contribution in [0.2, 0.25) is 0 Å². The van der Waals surface area contributed by atoms with E-state index in [0.717, 1.165) is 24.8 Å². The Balaban J connectivity index is 2.16. The second-order valence-electron chi connectivity index (χ2n) is 6.67. The summed E-state index contributed by atoms with van der Waals surface area (Å²) in [5.41, 5.74) is -2.54. The van der Waals surface area contributed by atoms with Crippen molar-refractivity contribution in [1.82, 2.24) is 0 Å². The summed E-state index contributed by atoms with van der Waals surface area (Å²) in [7, 11) is -2.66. The van der Waals surface area contributed by atoms with E-state index in [9.17, 15) is 23.1 Å². The molecule has 1 aliphatic heterocycles. The molecule has 2 aliphatic rings. The van der Waals surface area contributed by atoms with Gasteiger partial charge in [-0.2, -0.15) is 17.5 Å². The molecule has 0 spiro atoms. The first-order chi connectivity index (χ1) is 11.7. The molecule has 0 saturated heterocycles. The van der Waals surface area contributed by atoms with Crippen LogP contribution >= 0.6 is 0 Å². The molecule has 1 aromatic carbocycles. The van der Waals surface area contributed by atoms with Gasteiger partial charge in [0.05, 0.1) is 6.42 Å². The summed E-state index contributed by atoms with van der Waals surface area (Å²) in [5, 5.41) is 9.98. The summed E-state index contributed by atoms with van der Waals surface area (Å²) in [5.74, 6) is -0.728. The first kappa shape index (κ1) is 18.4. The van der Waals surface area contributed by atoms with Crippen LogP contribution in [0.4, 0.5) is 13.2 Å². The van der Waals surface area contributed by atoms with Gasteiger partial charge >= 0.3 is 6.18 Å². The summed E-state index contributed by atoms with van der Waals surface area (Å²) < 4.78 is 48.3. The van der Waals surface area contributed by atoms with E-state index in [2.05, 4.69) is 8.73 Å². The molecule has 1 aliphatic carbocycles. The Morgan fingerprint density at radius 2 is 1.80 bits per heavy atom. The highest BCUT2D eigenvalue weighted by Gasteiger charge is 2.58. The number of amides is 1. The molecule has 0 radical (unpaired) electrons. The number of aliphatic hydroxyl groups is 1. The minimum atomic E-state index is -4.98. The third kappa shape index (κ3) is 3.74. The fraction of sp³-hybridized carbons (Fsp3) is 0.588. The molecule has 138 valence electrons. The normalized spacial score (nSPS) is 31.3. The fourth-order valence-electron chi connectivity index (χ4n) is 3.48.